The molecule has 0 radical (unpaired) electrons. The molecule has 2 aromatic rings. The van der Waals surface area contributed by atoms with Crippen LogP contribution >= 0.6 is 0 Å². The van der Waals surface area contributed by atoms with E-state index in [1.54, 1.807) is 48.5 Å². The molecule has 2 rings (SSSR count). The van der Waals surface area contributed by atoms with E-state index in [1.807, 2.05) is 0 Å². The molecule has 0 spiro atoms. The molecule has 0 heterocycles. The summed E-state index contributed by atoms with van der Waals surface area (Å²) < 4.78 is 50.6. The largest absolute Gasteiger partial charge is 0.242 e. The average Bonchev–Trinajstić information content (AvgIpc) is 2.55. The molecular weight excluding hydrogens is 360 g/mol. The van der Waals surface area contributed by atoms with Crippen LogP contribution in [0.2, 0.25) is 0 Å². The van der Waals surface area contributed by atoms with Crippen LogP contribution in [0, 0.1) is 0 Å². The molecule has 8 heteroatoms. The number of benzene rings is 2. The van der Waals surface area contributed by atoms with Crippen molar-refractivity contribution in [1.29, 1.82) is 0 Å². The van der Waals surface area contributed by atoms with Crippen molar-refractivity contribution in [3.05, 3.63) is 59.7 Å². The molecule has 0 aliphatic heterocycles. The minimum absolute atomic E-state index is 0.244. The summed E-state index contributed by atoms with van der Waals surface area (Å²) in [5, 5.41) is 0. The Kier molecular flexibility index (Phi) is 5.68. The van der Waals surface area contributed by atoms with Crippen molar-refractivity contribution in [1.82, 2.24) is 8.61 Å². The molecule has 0 N–H and O–H groups in total. The zero-order valence-corrected chi connectivity index (χ0v) is 16.3. The molecule has 0 amide bonds. The van der Waals surface area contributed by atoms with E-state index in [0.29, 0.717) is 6.42 Å². The number of hydrogen-bond acceptors (Lipinski definition) is 4. The van der Waals surface area contributed by atoms with Crippen LogP contribution in [0.1, 0.15) is 11.1 Å². The van der Waals surface area contributed by atoms with Crippen molar-refractivity contribution in [2.24, 2.45) is 0 Å². The van der Waals surface area contributed by atoms with Crippen LogP contribution in [0.4, 0.5) is 0 Å². The lowest BCUT2D eigenvalue weighted by Crippen LogP contribution is -2.22. The van der Waals surface area contributed by atoms with Gasteiger partial charge in [-0.15, -0.1) is 0 Å². The van der Waals surface area contributed by atoms with Gasteiger partial charge in [0.25, 0.3) is 0 Å². The summed E-state index contributed by atoms with van der Waals surface area (Å²) >= 11 is 0. The van der Waals surface area contributed by atoms with Gasteiger partial charge in [-0.1, -0.05) is 24.3 Å². The lowest BCUT2D eigenvalue weighted by Gasteiger charge is -2.12. The standard InChI is InChI=1S/C17H22N2O4S2/c1-18(2)24(20,21)16-9-5-14(6-10-16)13-15-7-11-17(12-8-15)25(22,23)19(3)4/h5-12H,13H2,1-4H3. The van der Waals surface area contributed by atoms with Crippen LogP contribution in [0.25, 0.3) is 0 Å². The molecule has 2 aromatic carbocycles. The topological polar surface area (TPSA) is 74.8 Å². The molecule has 0 saturated heterocycles. The van der Waals surface area contributed by atoms with E-state index < -0.39 is 20.0 Å². The number of rotatable bonds is 6. The fourth-order valence-electron chi connectivity index (χ4n) is 2.22. The van der Waals surface area contributed by atoms with Gasteiger partial charge in [-0.2, -0.15) is 0 Å². The van der Waals surface area contributed by atoms with Gasteiger partial charge in [-0.3, -0.25) is 0 Å². The third-order valence-corrected chi connectivity index (χ3v) is 7.47. The fourth-order valence-corrected chi connectivity index (χ4v) is 4.02. The van der Waals surface area contributed by atoms with Gasteiger partial charge in [0.15, 0.2) is 0 Å². The van der Waals surface area contributed by atoms with Gasteiger partial charge in [-0.25, -0.2) is 25.4 Å². The molecule has 0 aliphatic rings. The number of sulfonamides is 2. The Morgan fingerprint density at radius 1 is 0.600 bits per heavy atom. The summed E-state index contributed by atoms with van der Waals surface area (Å²) in [7, 11) is -0.899. The molecule has 136 valence electrons. The Labute approximate surface area is 149 Å². The van der Waals surface area contributed by atoms with E-state index in [2.05, 4.69) is 0 Å². The van der Waals surface area contributed by atoms with Gasteiger partial charge < -0.3 is 0 Å². The highest BCUT2D eigenvalue weighted by Gasteiger charge is 2.17. The zero-order valence-electron chi connectivity index (χ0n) is 14.7. The highest BCUT2D eigenvalue weighted by atomic mass is 32.2. The van der Waals surface area contributed by atoms with Crippen LogP contribution in [0.5, 0.6) is 0 Å². The Morgan fingerprint density at radius 2 is 0.880 bits per heavy atom. The molecule has 0 aromatic heterocycles. The summed E-state index contributed by atoms with van der Waals surface area (Å²) in [5.74, 6) is 0. The SMILES string of the molecule is CN(C)S(=O)(=O)c1ccc(Cc2ccc(S(=O)(=O)N(C)C)cc2)cc1. The van der Waals surface area contributed by atoms with Crippen LogP contribution in [0.15, 0.2) is 58.3 Å². The molecular formula is C17H22N2O4S2. The maximum absolute atomic E-state index is 12.1. The monoisotopic (exact) mass is 382 g/mol. The smallest absolute Gasteiger partial charge is 0.207 e. The fraction of sp³-hybridized carbons (Fsp3) is 0.294. The predicted octanol–water partition coefficient (Wildman–Crippen LogP) is 1.78. The lowest BCUT2D eigenvalue weighted by molar-refractivity contribution is 0.519. The quantitative estimate of drug-likeness (QED) is 0.763. The van der Waals surface area contributed by atoms with Crippen LogP contribution in [-0.2, 0) is 26.5 Å². The molecule has 0 fully saturated rings. The summed E-state index contributed by atoms with van der Waals surface area (Å²) in [5.41, 5.74) is 1.89. The zero-order chi connectivity index (χ0) is 18.8. The summed E-state index contributed by atoms with van der Waals surface area (Å²) in [4.78, 5) is 0.488. The van der Waals surface area contributed by atoms with Crippen molar-refractivity contribution in [2.45, 2.75) is 16.2 Å². The van der Waals surface area contributed by atoms with Gasteiger partial charge in [0.2, 0.25) is 20.0 Å². The molecule has 0 aliphatic carbocycles. The highest BCUT2D eigenvalue weighted by molar-refractivity contribution is 7.89. The van der Waals surface area contributed by atoms with Crippen LogP contribution in [0.3, 0.4) is 0 Å². The van der Waals surface area contributed by atoms with E-state index in [9.17, 15) is 16.8 Å². The summed E-state index contributed by atoms with van der Waals surface area (Å²) in [6, 6.07) is 13.4. The summed E-state index contributed by atoms with van der Waals surface area (Å²) in [6.45, 7) is 0. The second-order valence-electron chi connectivity index (χ2n) is 6.04. The van der Waals surface area contributed by atoms with Crippen molar-refractivity contribution in [3.8, 4) is 0 Å². The highest BCUT2D eigenvalue weighted by Crippen LogP contribution is 2.18. The third-order valence-electron chi connectivity index (χ3n) is 3.81. The first-order chi connectivity index (χ1) is 11.5. The van der Waals surface area contributed by atoms with Crippen molar-refractivity contribution in [2.75, 3.05) is 28.2 Å². The minimum Gasteiger partial charge on any atom is -0.207 e. The van der Waals surface area contributed by atoms with E-state index in [4.69, 9.17) is 0 Å². The average molecular weight is 383 g/mol. The maximum atomic E-state index is 12.1. The Balaban J connectivity index is 2.18. The summed E-state index contributed by atoms with van der Waals surface area (Å²) in [6.07, 6.45) is 0.588. The normalized spacial score (nSPS) is 12.7. The Hall–Kier alpha value is -1.74. The molecule has 6 nitrogen and oxygen atoms in total. The second kappa shape index (κ2) is 7.25. The van der Waals surface area contributed by atoms with Gasteiger partial charge in [0.05, 0.1) is 9.79 Å². The number of hydrogen-bond donors (Lipinski definition) is 0. The molecule has 25 heavy (non-hydrogen) atoms. The first-order valence-electron chi connectivity index (χ1n) is 7.58. The Bertz CT molecular complexity index is 852. The molecule has 0 bridgehead atoms. The maximum Gasteiger partial charge on any atom is 0.242 e. The predicted molar refractivity (Wildman–Crippen MR) is 97.4 cm³/mol. The number of nitrogens with zero attached hydrogens (tertiary/aromatic N) is 2. The van der Waals surface area contributed by atoms with Crippen LogP contribution < -0.4 is 0 Å². The molecule has 0 saturated carbocycles. The minimum atomic E-state index is -3.43. The first-order valence-corrected chi connectivity index (χ1v) is 10.5. The van der Waals surface area contributed by atoms with Gasteiger partial charge >= 0.3 is 0 Å². The van der Waals surface area contributed by atoms with E-state index in [-0.39, 0.29) is 9.79 Å². The van der Waals surface area contributed by atoms with Crippen molar-refractivity contribution < 1.29 is 16.8 Å². The van der Waals surface area contributed by atoms with Crippen molar-refractivity contribution in [3.63, 3.8) is 0 Å². The lowest BCUT2D eigenvalue weighted by atomic mass is 10.1. The van der Waals surface area contributed by atoms with Crippen molar-refractivity contribution >= 4 is 20.0 Å². The molecule has 0 atom stereocenters. The van der Waals surface area contributed by atoms with Gasteiger partial charge in [0.1, 0.15) is 0 Å². The molecule has 0 unspecified atom stereocenters. The van der Waals surface area contributed by atoms with E-state index in [1.165, 1.54) is 36.8 Å². The first kappa shape index (κ1) is 19.6. The van der Waals surface area contributed by atoms with Gasteiger partial charge in [0, 0.05) is 28.2 Å². The van der Waals surface area contributed by atoms with Crippen LogP contribution in [-0.4, -0.2) is 53.6 Å². The van der Waals surface area contributed by atoms with Gasteiger partial charge in [-0.05, 0) is 41.8 Å². The Morgan fingerprint density at radius 3 is 1.12 bits per heavy atom. The van der Waals surface area contributed by atoms with E-state index >= 15 is 0 Å². The third kappa shape index (κ3) is 4.27. The second-order valence-corrected chi connectivity index (χ2v) is 10.3. The van der Waals surface area contributed by atoms with E-state index in [0.717, 1.165) is 11.1 Å².